The minimum absolute atomic E-state index is 0.0109. The van der Waals surface area contributed by atoms with Gasteiger partial charge in [-0.25, -0.2) is 0 Å². The molecular formula is C12H19NO4. The molecule has 2 saturated carbocycles. The maximum Gasteiger partial charge on any atom is 0.319 e. The number of methoxy groups -OCH3 is 1. The van der Waals surface area contributed by atoms with Gasteiger partial charge in [0.15, 0.2) is 0 Å². The number of amides is 1. The van der Waals surface area contributed by atoms with Crippen LogP contribution in [0.25, 0.3) is 0 Å². The summed E-state index contributed by atoms with van der Waals surface area (Å²) in [4.78, 5) is 22.9. The lowest BCUT2D eigenvalue weighted by Crippen LogP contribution is -2.63. The van der Waals surface area contributed by atoms with E-state index in [1.807, 2.05) is 13.8 Å². The summed E-state index contributed by atoms with van der Waals surface area (Å²) in [7, 11) is 1.66. The molecule has 0 radical (unpaired) electrons. The second-order valence-electron chi connectivity index (χ2n) is 5.69. The second-order valence-corrected chi connectivity index (χ2v) is 5.69. The van der Waals surface area contributed by atoms with E-state index in [0.717, 1.165) is 6.42 Å². The lowest BCUT2D eigenvalue weighted by Gasteiger charge is -2.51. The van der Waals surface area contributed by atoms with Crippen molar-refractivity contribution in [2.75, 3.05) is 7.11 Å². The predicted octanol–water partition coefficient (Wildman–Crippen LogP) is 0.781. The number of rotatable bonds is 4. The number of carbonyl (C=O) groups is 2. The van der Waals surface area contributed by atoms with Gasteiger partial charge >= 0.3 is 5.97 Å². The largest absolute Gasteiger partial charge is 0.480 e. The molecule has 96 valence electrons. The zero-order valence-corrected chi connectivity index (χ0v) is 10.4. The van der Waals surface area contributed by atoms with Gasteiger partial charge in [-0.05, 0) is 19.3 Å². The molecule has 0 aromatic heterocycles. The summed E-state index contributed by atoms with van der Waals surface area (Å²) >= 11 is 0. The monoisotopic (exact) mass is 241 g/mol. The molecule has 5 nitrogen and oxygen atoms in total. The van der Waals surface area contributed by atoms with Gasteiger partial charge in [-0.2, -0.15) is 0 Å². The lowest BCUT2D eigenvalue weighted by atomic mass is 9.64. The molecule has 5 heteroatoms. The van der Waals surface area contributed by atoms with E-state index in [1.54, 1.807) is 7.11 Å². The fraction of sp³-hybridized carbons (Fsp3) is 0.833. The van der Waals surface area contributed by atoms with E-state index in [-0.39, 0.29) is 23.5 Å². The minimum Gasteiger partial charge on any atom is -0.480 e. The molecule has 0 aromatic rings. The number of carboxylic acids is 1. The third kappa shape index (κ3) is 1.73. The highest BCUT2D eigenvalue weighted by Crippen LogP contribution is 2.48. The van der Waals surface area contributed by atoms with Crippen LogP contribution >= 0.6 is 0 Å². The molecule has 0 aliphatic heterocycles. The van der Waals surface area contributed by atoms with E-state index in [9.17, 15) is 9.59 Å². The maximum atomic E-state index is 11.9. The van der Waals surface area contributed by atoms with Crippen LogP contribution < -0.4 is 5.32 Å². The Kier molecular flexibility index (Phi) is 2.69. The fourth-order valence-corrected chi connectivity index (χ4v) is 2.49. The smallest absolute Gasteiger partial charge is 0.319 e. The molecule has 2 fully saturated rings. The van der Waals surface area contributed by atoms with Crippen molar-refractivity contribution in [1.82, 2.24) is 5.32 Å². The Morgan fingerprint density at radius 3 is 2.29 bits per heavy atom. The molecule has 2 aliphatic rings. The Morgan fingerprint density at radius 2 is 1.94 bits per heavy atom. The number of hydrogen-bond donors (Lipinski definition) is 2. The summed E-state index contributed by atoms with van der Waals surface area (Å²) in [5.74, 6) is -1.34. The Balaban J connectivity index is 1.96. The Hall–Kier alpha value is -1.10. The first-order valence-electron chi connectivity index (χ1n) is 5.92. The molecule has 2 unspecified atom stereocenters. The van der Waals surface area contributed by atoms with Crippen molar-refractivity contribution >= 4 is 11.9 Å². The number of ether oxygens (including phenoxy) is 1. The van der Waals surface area contributed by atoms with Crippen molar-refractivity contribution in [3.8, 4) is 0 Å². The van der Waals surface area contributed by atoms with Gasteiger partial charge in [-0.15, -0.1) is 0 Å². The molecule has 2 rings (SSSR count). The molecule has 17 heavy (non-hydrogen) atoms. The quantitative estimate of drug-likeness (QED) is 0.713. The molecule has 1 amide bonds. The van der Waals surface area contributed by atoms with Crippen LogP contribution in [0.5, 0.6) is 0 Å². The minimum atomic E-state index is -1.14. The van der Waals surface area contributed by atoms with Crippen LogP contribution in [-0.4, -0.2) is 36.2 Å². The summed E-state index contributed by atoms with van der Waals surface area (Å²) < 4.78 is 5.29. The summed E-state index contributed by atoms with van der Waals surface area (Å²) in [5.41, 5.74) is -1.27. The lowest BCUT2D eigenvalue weighted by molar-refractivity contribution is -0.152. The highest BCUT2D eigenvalue weighted by Gasteiger charge is 2.59. The van der Waals surface area contributed by atoms with Crippen molar-refractivity contribution in [3.63, 3.8) is 0 Å². The summed E-state index contributed by atoms with van der Waals surface area (Å²) in [6, 6.07) is 0.0109. The molecule has 2 N–H and O–H groups in total. The molecule has 2 aliphatic carbocycles. The summed E-state index contributed by atoms with van der Waals surface area (Å²) in [5, 5.41) is 11.9. The number of carbonyl (C=O) groups excluding carboxylic acids is 1. The average molecular weight is 241 g/mol. The van der Waals surface area contributed by atoms with Crippen LogP contribution in [0.15, 0.2) is 0 Å². The molecule has 0 saturated heterocycles. The van der Waals surface area contributed by atoms with Crippen LogP contribution in [0.2, 0.25) is 0 Å². The third-order valence-corrected chi connectivity index (χ3v) is 4.36. The highest BCUT2D eigenvalue weighted by molar-refractivity contribution is 6.05. The summed E-state index contributed by atoms with van der Waals surface area (Å²) in [6.07, 6.45) is 1.79. The van der Waals surface area contributed by atoms with Gasteiger partial charge in [0.05, 0.1) is 6.10 Å². The SMILES string of the molecule is COC1CC(NC(=O)C2(C(=O)O)CC2)C1(C)C. The molecule has 0 heterocycles. The van der Waals surface area contributed by atoms with E-state index < -0.39 is 11.4 Å². The maximum absolute atomic E-state index is 11.9. The molecule has 0 spiro atoms. The van der Waals surface area contributed by atoms with Gasteiger partial charge in [-0.1, -0.05) is 13.8 Å². The van der Waals surface area contributed by atoms with Crippen molar-refractivity contribution < 1.29 is 19.4 Å². The van der Waals surface area contributed by atoms with Gasteiger partial charge in [0.2, 0.25) is 5.91 Å². The standard InChI is InChI=1S/C12H19NO4/c1-11(2)7(6-8(11)17-3)13-9(14)12(4-5-12)10(15)16/h7-8H,4-6H2,1-3H3,(H,13,14)(H,15,16). The fourth-order valence-electron chi connectivity index (χ4n) is 2.49. The van der Waals surface area contributed by atoms with Gasteiger partial charge < -0.3 is 15.2 Å². The van der Waals surface area contributed by atoms with Crippen molar-refractivity contribution in [2.45, 2.75) is 45.3 Å². The first kappa shape index (κ1) is 12.4. The molecule has 0 aromatic carbocycles. The summed E-state index contributed by atoms with van der Waals surface area (Å²) in [6.45, 7) is 4.05. The average Bonchev–Trinajstić information content (AvgIpc) is 3.04. The van der Waals surface area contributed by atoms with Crippen LogP contribution in [0.4, 0.5) is 0 Å². The number of carboxylic acid groups (broad SMARTS) is 1. The predicted molar refractivity (Wildman–Crippen MR) is 60.4 cm³/mol. The Bertz CT molecular complexity index is 360. The van der Waals surface area contributed by atoms with Crippen molar-refractivity contribution in [2.24, 2.45) is 10.8 Å². The van der Waals surface area contributed by atoms with Crippen LogP contribution in [0.1, 0.15) is 33.1 Å². The molecular weight excluding hydrogens is 222 g/mol. The first-order valence-corrected chi connectivity index (χ1v) is 5.92. The van der Waals surface area contributed by atoms with Crippen LogP contribution in [0, 0.1) is 10.8 Å². The van der Waals surface area contributed by atoms with Gasteiger partial charge in [0, 0.05) is 18.6 Å². The van der Waals surface area contributed by atoms with Crippen molar-refractivity contribution in [1.29, 1.82) is 0 Å². The zero-order valence-electron chi connectivity index (χ0n) is 10.4. The number of nitrogens with one attached hydrogen (secondary N) is 1. The third-order valence-electron chi connectivity index (χ3n) is 4.36. The molecule has 0 bridgehead atoms. The zero-order chi connectivity index (χ0) is 12.8. The van der Waals surface area contributed by atoms with E-state index in [0.29, 0.717) is 12.8 Å². The van der Waals surface area contributed by atoms with Gasteiger partial charge in [-0.3, -0.25) is 9.59 Å². The van der Waals surface area contributed by atoms with Gasteiger partial charge in [0.25, 0.3) is 0 Å². The number of hydrogen-bond acceptors (Lipinski definition) is 3. The van der Waals surface area contributed by atoms with E-state index in [4.69, 9.17) is 9.84 Å². The van der Waals surface area contributed by atoms with Gasteiger partial charge in [0.1, 0.15) is 5.41 Å². The van der Waals surface area contributed by atoms with E-state index in [2.05, 4.69) is 5.32 Å². The van der Waals surface area contributed by atoms with Crippen molar-refractivity contribution in [3.05, 3.63) is 0 Å². The Morgan fingerprint density at radius 1 is 1.35 bits per heavy atom. The van der Waals surface area contributed by atoms with Crippen LogP contribution in [0.3, 0.4) is 0 Å². The van der Waals surface area contributed by atoms with E-state index in [1.165, 1.54) is 0 Å². The topological polar surface area (TPSA) is 75.6 Å². The Labute approximate surface area is 101 Å². The number of aliphatic carboxylic acids is 1. The highest BCUT2D eigenvalue weighted by atomic mass is 16.5. The normalized spacial score (nSPS) is 32.4. The second kappa shape index (κ2) is 3.70. The first-order chi connectivity index (χ1) is 7.84. The molecule has 2 atom stereocenters. The van der Waals surface area contributed by atoms with Crippen LogP contribution in [-0.2, 0) is 14.3 Å². The van der Waals surface area contributed by atoms with E-state index >= 15 is 0 Å².